The van der Waals surface area contributed by atoms with Crippen LogP contribution in [-0.4, -0.2) is 61.2 Å². The number of carbonyl (C=O) groups excluding carboxylic acids is 1. The minimum atomic E-state index is -0.774. The number of thioether (sulfide) groups is 1. The molecule has 1 saturated carbocycles. The minimum Gasteiger partial charge on any atom is -0.356 e. The van der Waals surface area contributed by atoms with E-state index in [1.54, 1.807) is 4.68 Å². The summed E-state index contributed by atoms with van der Waals surface area (Å²) in [5.74, 6) is -0.258. The topological polar surface area (TPSA) is 104 Å². The molecule has 2 aromatic heterocycles. The summed E-state index contributed by atoms with van der Waals surface area (Å²) in [6.45, 7) is 8.27. The molecule has 2 aliphatic rings. The Labute approximate surface area is 178 Å². The average molecular weight is 441 g/mol. The molecule has 158 valence electrons. The van der Waals surface area contributed by atoms with Gasteiger partial charge in [0.1, 0.15) is 12.2 Å². The summed E-state index contributed by atoms with van der Waals surface area (Å²) < 4.78 is 14.0. The third kappa shape index (κ3) is 3.83. The Balaban J connectivity index is 1.72. The van der Waals surface area contributed by atoms with Crippen LogP contribution < -0.4 is 5.32 Å². The number of nitrogens with one attached hydrogen (secondary N) is 1. The van der Waals surface area contributed by atoms with E-state index >= 15 is 0 Å². The van der Waals surface area contributed by atoms with Crippen molar-refractivity contribution in [2.75, 3.05) is 12.3 Å². The van der Waals surface area contributed by atoms with Gasteiger partial charge in [-0.3, -0.25) is 4.79 Å². The standard InChI is InChI=1S/C18H25ClN6O3S/c1-5-7-29-17-21-14(19)11-15(22-17)25(24-23-11)10-8-9(16(26)20-6-2)12-13(10)28-18(3,4)27-12/h9-10,12-13H,5-8H2,1-4H3,(H,20,26). The molecule has 1 saturated heterocycles. The van der Waals surface area contributed by atoms with Crippen LogP contribution in [0.3, 0.4) is 0 Å². The normalized spacial score (nSPS) is 28.0. The monoisotopic (exact) mass is 440 g/mol. The Morgan fingerprint density at radius 3 is 2.79 bits per heavy atom. The largest absolute Gasteiger partial charge is 0.356 e. The second-order valence-electron chi connectivity index (χ2n) is 7.72. The van der Waals surface area contributed by atoms with E-state index in [2.05, 4.69) is 32.5 Å². The number of amides is 1. The SMILES string of the molecule is CCCSc1nc(Cl)c2nnn(C3CC(C(=O)NCC)C4OC(C)(C)OC43)c2n1. The van der Waals surface area contributed by atoms with E-state index in [0.29, 0.717) is 29.3 Å². The fraction of sp³-hybridized carbons (Fsp3) is 0.722. The highest BCUT2D eigenvalue weighted by Gasteiger charge is 2.57. The summed E-state index contributed by atoms with van der Waals surface area (Å²) in [5.41, 5.74) is 1.00. The first-order valence-corrected chi connectivity index (χ1v) is 11.3. The van der Waals surface area contributed by atoms with Crippen molar-refractivity contribution in [2.24, 2.45) is 5.92 Å². The van der Waals surface area contributed by atoms with Gasteiger partial charge in [0.25, 0.3) is 0 Å². The smallest absolute Gasteiger partial charge is 0.225 e. The molecule has 4 atom stereocenters. The molecule has 1 aliphatic heterocycles. The number of halogens is 1. The van der Waals surface area contributed by atoms with Gasteiger partial charge in [-0.1, -0.05) is 35.5 Å². The molecule has 0 radical (unpaired) electrons. The molecule has 1 aliphatic carbocycles. The molecule has 29 heavy (non-hydrogen) atoms. The lowest BCUT2D eigenvalue weighted by Gasteiger charge is -2.23. The zero-order valence-corrected chi connectivity index (χ0v) is 18.5. The summed E-state index contributed by atoms with van der Waals surface area (Å²) in [5, 5.41) is 12.3. The highest BCUT2D eigenvalue weighted by atomic mass is 35.5. The van der Waals surface area contributed by atoms with Gasteiger partial charge in [0.05, 0.1) is 12.0 Å². The van der Waals surface area contributed by atoms with E-state index in [1.807, 2.05) is 20.8 Å². The second-order valence-corrected chi connectivity index (χ2v) is 9.14. The number of nitrogens with zero attached hydrogens (tertiary/aromatic N) is 5. The molecular formula is C18H25ClN6O3S. The van der Waals surface area contributed by atoms with E-state index in [4.69, 9.17) is 21.1 Å². The molecule has 2 fully saturated rings. The lowest BCUT2D eigenvalue weighted by Crippen LogP contribution is -2.37. The molecule has 4 rings (SSSR count). The molecule has 4 unspecified atom stereocenters. The highest BCUT2D eigenvalue weighted by Crippen LogP contribution is 2.47. The van der Waals surface area contributed by atoms with E-state index in [-0.39, 0.29) is 35.2 Å². The number of hydrogen-bond acceptors (Lipinski definition) is 8. The van der Waals surface area contributed by atoms with Crippen LogP contribution in [0.1, 0.15) is 46.6 Å². The first-order valence-electron chi connectivity index (χ1n) is 9.89. The lowest BCUT2D eigenvalue weighted by atomic mass is 10.0. The lowest BCUT2D eigenvalue weighted by molar-refractivity contribution is -0.163. The Kier molecular flexibility index (Phi) is 5.71. The van der Waals surface area contributed by atoms with Gasteiger partial charge in [-0.25, -0.2) is 14.6 Å². The molecule has 1 N–H and O–H groups in total. The van der Waals surface area contributed by atoms with Crippen LogP contribution >= 0.6 is 23.4 Å². The van der Waals surface area contributed by atoms with Gasteiger partial charge in [0.15, 0.2) is 27.3 Å². The Hall–Kier alpha value is -1.49. The molecule has 3 heterocycles. The average Bonchev–Trinajstić information content (AvgIpc) is 3.30. The van der Waals surface area contributed by atoms with E-state index in [0.717, 1.165) is 12.2 Å². The predicted molar refractivity (Wildman–Crippen MR) is 109 cm³/mol. The van der Waals surface area contributed by atoms with Crippen molar-refractivity contribution in [2.45, 2.75) is 69.7 Å². The molecule has 2 aromatic rings. The summed E-state index contributed by atoms with van der Waals surface area (Å²) >= 11 is 7.88. The van der Waals surface area contributed by atoms with Crippen LogP contribution in [0.4, 0.5) is 0 Å². The maximum absolute atomic E-state index is 12.7. The summed E-state index contributed by atoms with van der Waals surface area (Å²) in [6, 6.07) is -0.241. The zero-order chi connectivity index (χ0) is 20.8. The summed E-state index contributed by atoms with van der Waals surface area (Å²) in [7, 11) is 0. The molecule has 0 spiro atoms. The van der Waals surface area contributed by atoms with Gasteiger partial charge in [-0.15, -0.1) is 5.10 Å². The Morgan fingerprint density at radius 1 is 1.31 bits per heavy atom. The van der Waals surface area contributed by atoms with Crippen molar-refractivity contribution in [3.05, 3.63) is 5.15 Å². The van der Waals surface area contributed by atoms with E-state index in [1.165, 1.54) is 11.8 Å². The van der Waals surface area contributed by atoms with Crippen molar-refractivity contribution in [3.63, 3.8) is 0 Å². The van der Waals surface area contributed by atoms with Crippen molar-refractivity contribution in [3.8, 4) is 0 Å². The number of carbonyl (C=O) groups is 1. The van der Waals surface area contributed by atoms with Gasteiger partial charge >= 0.3 is 0 Å². The molecular weight excluding hydrogens is 416 g/mol. The van der Waals surface area contributed by atoms with Crippen LogP contribution in [0.15, 0.2) is 5.16 Å². The molecule has 0 bridgehead atoms. The van der Waals surface area contributed by atoms with Crippen LogP contribution in [0, 0.1) is 5.92 Å². The van der Waals surface area contributed by atoms with Gasteiger partial charge < -0.3 is 14.8 Å². The number of ether oxygens (including phenoxy) is 2. The van der Waals surface area contributed by atoms with Crippen LogP contribution in [0.5, 0.6) is 0 Å². The van der Waals surface area contributed by atoms with Gasteiger partial charge in [0, 0.05) is 12.3 Å². The van der Waals surface area contributed by atoms with Crippen molar-refractivity contribution >= 4 is 40.4 Å². The highest BCUT2D eigenvalue weighted by molar-refractivity contribution is 7.99. The first kappa shape index (κ1) is 20.8. The van der Waals surface area contributed by atoms with Gasteiger partial charge in [-0.05, 0) is 33.6 Å². The van der Waals surface area contributed by atoms with Crippen molar-refractivity contribution in [1.29, 1.82) is 0 Å². The quantitative estimate of drug-likeness (QED) is 0.415. The fourth-order valence-corrected chi connectivity index (χ4v) is 4.96. The van der Waals surface area contributed by atoms with Crippen LogP contribution in [0.2, 0.25) is 5.15 Å². The number of aromatic nitrogens is 5. The van der Waals surface area contributed by atoms with Crippen LogP contribution in [-0.2, 0) is 14.3 Å². The maximum atomic E-state index is 12.7. The van der Waals surface area contributed by atoms with Crippen LogP contribution in [0.25, 0.3) is 11.2 Å². The third-order valence-electron chi connectivity index (χ3n) is 5.13. The van der Waals surface area contributed by atoms with E-state index in [9.17, 15) is 4.79 Å². The zero-order valence-electron chi connectivity index (χ0n) is 16.9. The molecule has 0 aromatic carbocycles. The number of hydrogen-bond donors (Lipinski definition) is 1. The predicted octanol–water partition coefficient (Wildman–Crippen LogP) is 2.59. The molecule has 1 amide bonds. The Bertz CT molecular complexity index is 922. The van der Waals surface area contributed by atoms with E-state index < -0.39 is 5.79 Å². The first-order chi connectivity index (χ1) is 13.8. The summed E-state index contributed by atoms with van der Waals surface area (Å²) in [4.78, 5) is 21.6. The van der Waals surface area contributed by atoms with Gasteiger partial charge in [0.2, 0.25) is 5.91 Å². The second kappa shape index (κ2) is 7.98. The molecule has 11 heteroatoms. The Morgan fingerprint density at radius 2 is 2.07 bits per heavy atom. The summed E-state index contributed by atoms with van der Waals surface area (Å²) in [6.07, 6.45) is 0.839. The van der Waals surface area contributed by atoms with Crippen molar-refractivity contribution in [1.82, 2.24) is 30.3 Å². The number of rotatable bonds is 6. The van der Waals surface area contributed by atoms with Gasteiger partial charge in [-0.2, -0.15) is 0 Å². The third-order valence-corrected chi connectivity index (χ3v) is 6.45. The fourth-order valence-electron chi connectivity index (χ4n) is 4.01. The maximum Gasteiger partial charge on any atom is 0.225 e. The van der Waals surface area contributed by atoms with Crippen molar-refractivity contribution < 1.29 is 14.3 Å². The minimum absolute atomic E-state index is 0.0393. The number of fused-ring (bicyclic) bond motifs is 2. The molecule has 9 nitrogen and oxygen atoms in total.